The van der Waals surface area contributed by atoms with E-state index in [2.05, 4.69) is 74.1 Å². The third kappa shape index (κ3) is 6.68. The van der Waals surface area contributed by atoms with Crippen LogP contribution in [-0.4, -0.2) is 14.1 Å². The SMILES string of the molecule is [2H]c1c([2H])c([2H])c(-c2c(C([2H])([2H])[2H])cc3c(c2-[n+]2[c-]n(-c4cccc(Oc5ccc6c7ccccc7n(-c7cc(C(C)(C)C)ccn7)c6c5)c4)c4ccccc42)-c2ccccc2-c2ccccc2-c2ccccc2-3)c([2H])c1[2H]. The lowest BCUT2D eigenvalue weighted by Crippen LogP contribution is -2.32. The van der Waals surface area contributed by atoms with Crippen LogP contribution in [0, 0.1) is 13.2 Å². The van der Waals surface area contributed by atoms with Gasteiger partial charge >= 0.3 is 0 Å². The van der Waals surface area contributed by atoms with E-state index >= 15 is 0 Å². The Balaban J connectivity index is 1.06. The van der Waals surface area contributed by atoms with E-state index in [1.165, 1.54) is 5.56 Å². The maximum atomic E-state index is 9.49. The number of ether oxygens (including phenoxy) is 1. The molecule has 1 aliphatic rings. The van der Waals surface area contributed by atoms with Crippen LogP contribution >= 0.6 is 0 Å². The molecule has 0 spiro atoms. The molecule has 0 saturated carbocycles. The monoisotopic (exact) mass is 908 g/mol. The Morgan fingerprint density at radius 3 is 1.91 bits per heavy atom. The van der Waals surface area contributed by atoms with Gasteiger partial charge in [-0.2, -0.15) is 0 Å². The van der Waals surface area contributed by atoms with Crippen LogP contribution in [0.15, 0.2) is 218 Å². The number of hydrogen-bond donors (Lipinski definition) is 0. The van der Waals surface area contributed by atoms with E-state index in [4.69, 9.17) is 13.8 Å². The number of nitrogens with zero attached hydrogens (tertiary/aromatic N) is 4. The third-order valence-electron chi connectivity index (χ3n) is 13.6. The summed E-state index contributed by atoms with van der Waals surface area (Å²) in [5.74, 6) is 1.95. The average molecular weight is 909 g/mol. The zero-order valence-electron chi connectivity index (χ0n) is 46.6. The Labute approximate surface area is 419 Å². The summed E-state index contributed by atoms with van der Waals surface area (Å²) >= 11 is 0. The van der Waals surface area contributed by atoms with E-state index in [-0.39, 0.29) is 27.8 Å². The van der Waals surface area contributed by atoms with Crippen molar-refractivity contribution in [1.82, 2.24) is 14.1 Å². The summed E-state index contributed by atoms with van der Waals surface area (Å²) in [6, 6.07) is 56.8. The minimum atomic E-state index is -2.86. The lowest BCUT2D eigenvalue weighted by molar-refractivity contribution is -0.571. The molecule has 5 nitrogen and oxygen atoms in total. The molecule has 0 unspecified atom stereocenters. The summed E-state index contributed by atoms with van der Waals surface area (Å²) in [5.41, 5.74) is 11.2. The van der Waals surface area contributed by atoms with E-state index < -0.39 is 37.1 Å². The van der Waals surface area contributed by atoms with Crippen molar-refractivity contribution in [3.63, 3.8) is 0 Å². The van der Waals surface area contributed by atoms with Gasteiger partial charge in [0.05, 0.1) is 40.3 Å². The summed E-state index contributed by atoms with van der Waals surface area (Å²) in [7, 11) is 0. The molecule has 70 heavy (non-hydrogen) atoms. The third-order valence-corrected chi connectivity index (χ3v) is 13.6. The summed E-state index contributed by atoms with van der Waals surface area (Å²) in [4.78, 5) is 4.87. The zero-order valence-corrected chi connectivity index (χ0v) is 38.6. The number of pyridine rings is 1. The molecule has 0 radical (unpaired) electrons. The highest BCUT2D eigenvalue weighted by molar-refractivity contribution is 6.10. The van der Waals surface area contributed by atoms with Crippen LogP contribution in [-0.2, 0) is 5.41 Å². The number of aromatic nitrogens is 4. The smallest absolute Gasteiger partial charge is 0.269 e. The zero-order chi connectivity index (χ0) is 53.9. The van der Waals surface area contributed by atoms with Gasteiger partial charge in [0.15, 0.2) is 0 Å². The van der Waals surface area contributed by atoms with Gasteiger partial charge in [0.2, 0.25) is 0 Å². The van der Waals surface area contributed by atoms with Crippen molar-refractivity contribution in [2.45, 2.75) is 33.0 Å². The van der Waals surface area contributed by atoms with Gasteiger partial charge in [-0.15, -0.1) is 0 Å². The number of imidazole rings is 1. The van der Waals surface area contributed by atoms with E-state index in [9.17, 15) is 6.85 Å². The van der Waals surface area contributed by atoms with Gasteiger partial charge in [0.1, 0.15) is 17.3 Å². The molecule has 0 bridgehead atoms. The molecule has 334 valence electrons. The van der Waals surface area contributed by atoms with E-state index in [0.29, 0.717) is 39.3 Å². The normalized spacial score (nSPS) is 13.8. The first-order valence-electron chi connectivity index (χ1n) is 27.4. The molecule has 9 aromatic carbocycles. The molecule has 13 rings (SSSR count). The van der Waals surface area contributed by atoms with Crippen LogP contribution in [0.5, 0.6) is 11.5 Å². The average Bonchev–Trinajstić information content (AvgIpc) is 4.02. The Morgan fingerprint density at radius 2 is 1.19 bits per heavy atom. The van der Waals surface area contributed by atoms with Crippen molar-refractivity contribution in [2.75, 3.05) is 0 Å². The van der Waals surface area contributed by atoms with Crippen LogP contribution in [0.3, 0.4) is 0 Å². The second kappa shape index (κ2) is 16.2. The molecule has 0 amide bonds. The Bertz CT molecular complexity index is 4440. The molecule has 3 heterocycles. The number of aryl methyl sites for hydroxylation is 1. The quantitative estimate of drug-likeness (QED) is 0.123. The van der Waals surface area contributed by atoms with Gasteiger partial charge < -0.3 is 4.74 Å². The molecule has 0 N–H and O–H groups in total. The molecule has 0 atom stereocenters. The van der Waals surface area contributed by atoms with Crippen LogP contribution in [0.1, 0.15) is 42.9 Å². The number of rotatable bonds is 6. The Kier molecular flexibility index (Phi) is 7.77. The highest BCUT2D eigenvalue weighted by atomic mass is 16.5. The van der Waals surface area contributed by atoms with Gasteiger partial charge in [0.25, 0.3) is 6.33 Å². The topological polar surface area (TPSA) is 35.9 Å². The van der Waals surface area contributed by atoms with Crippen molar-refractivity contribution in [1.29, 1.82) is 0 Å². The summed E-state index contributed by atoms with van der Waals surface area (Å²) in [6.45, 7) is 3.72. The number of benzene rings is 9. The van der Waals surface area contributed by atoms with Crippen molar-refractivity contribution in [3.05, 3.63) is 236 Å². The minimum Gasteiger partial charge on any atom is -0.458 e. The summed E-state index contributed by atoms with van der Waals surface area (Å²) < 4.78 is 86.0. The predicted molar refractivity (Wildman–Crippen MR) is 286 cm³/mol. The fourth-order valence-corrected chi connectivity index (χ4v) is 10.4. The maximum Gasteiger partial charge on any atom is 0.269 e. The van der Waals surface area contributed by atoms with Crippen LogP contribution in [0.4, 0.5) is 0 Å². The second-order valence-electron chi connectivity index (χ2n) is 18.8. The molecule has 1 aliphatic carbocycles. The first kappa shape index (κ1) is 33.6. The lowest BCUT2D eigenvalue weighted by atomic mass is 9.78. The molecule has 0 saturated heterocycles. The first-order chi connectivity index (χ1) is 37.6. The highest BCUT2D eigenvalue weighted by Crippen LogP contribution is 2.51. The first-order valence-corrected chi connectivity index (χ1v) is 23.4. The minimum absolute atomic E-state index is 0.0266. The van der Waals surface area contributed by atoms with Gasteiger partial charge in [0, 0.05) is 32.7 Å². The summed E-state index contributed by atoms with van der Waals surface area (Å²) in [6.07, 6.45) is 5.52. The second-order valence-corrected chi connectivity index (χ2v) is 18.8. The van der Waals surface area contributed by atoms with Gasteiger partial charge in [-0.05, 0) is 122 Å². The Hall–Kier alpha value is -8.80. The summed E-state index contributed by atoms with van der Waals surface area (Å²) in [5, 5.41) is 2.15. The molecule has 0 fully saturated rings. The molecule has 3 aromatic heterocycles. The fourth-order valence-electron chi connectivity index (χ4n) is 10.4. The van der Waals surface area contributed by atoms with Gasteiger partial charge in [-0.1, -0.05) is 178 Å². The van der Waals surface area contributed by atoms with Crippen molar-refractivity contribution in [2.24, 2.45) is 0 Å². The van der Waals surface area contributed by atoms with Gasteiger partial charge in [-0.25, -0.2) is 4.98 Å². The standard InChI is InChI=1S/C65H48N4O/c1-42-37-56-52-27-11-10-25-50(52)48-23-8-9-24-49(48)51-26-12-13-29-55(51)63(56)64(62(42)43-19-6-5-7-20-43)68-41-67(58-31-16-17-32-59(58)68)45-21-18-22-46(39-45)70-47-33-34-54-53-28-14-15-30-57(53)69(60(54)40-47)61-38-44(35-36-66-61)65(2,3)4/h5-40H,1-4H3/i1D3,5D,6D,7D,19D,20D. The fraction of sp³-hybridized carbons (Fsp3) is 0.0769. The number of hydrogen-bond acceptors (Lipinski definition) is 2. The molecule has 5 heteroatoms. The van der Waals surface area contributed by atoms with Crippen LogP contribution in [0.25, 0.3) is 106 Å². The lowest BCUT2D eigenvalue weighted by Gasteiger charge is -2.28. The van der Waals surface area contributed by atoms with Crippen LogP contribution < -0.4 is 9.30 Å². The van der Waals surface area contributed by atoms with Crippen molar-refractivity contribution < 1.29 is 20.3 Å². The molecule has 0 aliphatic heterocycles. The molecular weight excluding hydrogens is 853 g/mol. The Morgan fingerprint density at radius 1 is 0.557 bits per heavy atom. The van der Waals surface area contributed by atoms with Gasteiger partial charge in [-0.3, -0.25) is 13.7 Å². The van der Waals surface area contributed by atoms with Crippen molar-refractivity contribution >= 4 is 32.8 Å². The maximum absolute atomic E-state index is 9.49. The number of fused-ring (bicyclic) bond motifs is 12. The highest BCUT2D eigenvalue weighted by Gasteiger charge is 2.29. The van der Waals surface area contributed by atoms with E-state index in [0.717, 1.165) is 61.0 Å². The molecule has 12 aromatic rings. The van der Waals surface area contributed by atoms with E-state index in [1.807, 2.05) is 144 Å². The largest absolute Gasteiger partial charge is 0.458 e. The number of para-hydroxylation sites is 3. The van der Waals surface area contributed by atoms with Crippen LogP contribution in [0.2, 0.25) is 0 Å². The van der Waals surface area contributed by atoms with Crippen molar-refractivity contribution in [3.8, 4) is 84.3 Å². The van der Waals surface area contributed by atoms with E-state index in [1.54, 1.807) is 10.6 Å². The molecular formula is C65H48N4O. The predicted octanol–water partition coefficient (Wildman–Crippen LogP) is 16.2.